The van der Waals surface area contributed by atoms with Gasteiger partial charge in [0.05, 0.1) is 36.8 Å². The number of hydrogen-bond acceptors (Lipinski definition) is 6. The lowest BCUT2D eigenvalue weighted by Gasteiger charge is -2.29. The zero-order valence-corrected chi connectivity index (χ0v) is 20.7. The van der Waals surface area contributed by atoms with Crippen LogP contribution >= 0.6 is 11.6 Å². The van der Waals surface area contributed by atoms with Crippen molar-refractivity contribution in [2.75, 3.05) is 13.7 Å². The van der Waals surface area contributed by atoms with E-state index in [0.717, 1.165) is 24.8 Å². The topological polar surface area (TPSA) is 83.5 Å². The van der Waals surface area contributed by atoms with Gasteiger partial charge in [-0.25, -0.2) is 14.4 Å². The molecule has 36 heavy (non-hydrogen) atoms. The van der Waals surface area contributed by atoms with E-state index in [-0.39, 0.29) is 33.9 Å². The molecule has 186 valence electrons. The molecule has 0 amide bonds. The van der Waals surface area contributed by atoms with Crippen molar-refractivity contribution in [3.63, 3.8) is 0 Å². The number of methoxy groups -OCH3 is 1. The number of halogens is 2. The molecule has 4 aromatic rings. The highest BCUT2D eigenvalue weighted by Gasteiger charge is 2.30. The van der Waals surface area contributed by atoms with Gasteiger partial charge in [-0.15, -0.1) is 0 Å². The Kier molecular flexibility index (Phi) is 5.76. The second kappa shape index (κ2) is 8.97. The van der Waals surface area contributed by atoms with Gasteiger partial charge in [-0.2, -0.15) is 5.10 Å². The molecule has 2 fully saturated rings. The monoisotopic (exact) mass is 509 g/mol. The predicted octanol–water partition coefficient (Wildman–Crippen LogP) is 5.03. The van der Waals surface area contributed by atoms with E-state index in [1.165, 1.54) is 17.6 Å². The molecule has 0 N–H and O–H groups in total. The Bertz CT molecular complexity index is 1530. The molecule has 4 heterocycles. The maximum atomic E-state index is 15.2. The molecule has 2 atom stereocenters. The number of aromatic nitrogens is 5. The van der Waals surface area contributed by atoms with Gasteiger partial charge < -0.3 is 9.47 Å². The number of benzene rings is 1. The van der Waals surface area contributed by atoms with E-state index >= 15 is 4.39 Å². The van der Waals surface area contributed by atoms with Crippen LogP contribution in [0.4, 0.5) is 4.39 Å². The van der Waals surface area contributed by atoms with E-state index in [4.69, 9.17) is 26.1 Å². The summed E-state index contributed by atoms with van der Waals surface area (Å²) in [5, 5.41) is 4.53. The highest BCUT2D eigenvalue weighted by Crippen LogP contribution is 2.40. The minimum Gasteiger partial charge on any atom is -0.497 e. The van der Waals surface area contributed by atoms with Crippen molar-refractivity contribution in [3.8, 4) is 17.0 Å². The van der Waals surface area contributed by atoms with Gasteiger partial charge in [-0.3, -0.25) is 13.9 Å². The smallest absolute Gasteiger partial charge is 0.277 e. The summed E-state index contributed by atoms with van der Waals surface area (Å²) in [4.78, 5) is 22.5. The Hall–Kier alpha value is -3.30. The average molecular weight is 510 g/mol. The van der Waals surface area contributed by atoms with Crippen molar-refractivity contribution in [2.45, 2.75) is 50.7 Å². The van der Waals surface area contributed by atoms with Crippen LogP contribution in [0, 0.1) is 12.7 Å². The van der Waals surface area contributed by atoms with Crippen LogP contribution in [0.1, 0.15) is 60.7 Å². The Morgan fingerprint density at radius 1 is 1.19 bits per heavy atom. The van der Waals surface area contributed by atoms with Gasteiger partial charge in [-0.05, 0) is 44.7 Å². The number of aryl methyl sites for hydroxylation is 1. The molecule has 0 radical (unpaired) electrons. The molecule has 8 nitrogen and oxygen atoms in total. The Morgan fingerprint density at radius 2 is 2.03 bits per heavy atom. The summed E-state index contributed by atoms with van der Waals surface area (Å²) in [7, 11) is 1.48. The third-order valence-corrected chi connectivity index (χ3v) is 7.42. The zero-order chi connectivity index (χ0) is 25.0. The van der Waals surface area contributed by atoms with Crippen LogP contribution in [-0.2, 0) is 4.74 Å². The highest BCUT2D eigenvalue weighted by atomic mass is 35.5. The van der Waals surface area contributed by atoms with Crippen molar-refractivity contribution in [3.05, 3.63) is 74.9 Å². The summed E-state index contributed by atoms with van der Waals surface area (Å²) < 4.78 is 29.8. The quantitative estimate of drug-likeness (QED) is 0.375. The van der Waals surface area contributed by atoms with E-state index in [2.05, 4.69) is 16.3 Å². The molecule has 1 saturated heterocycles. The standard InChI is InChI=1S/C26H25ClFN5O3/c1-14-23(27)26(34)32-13-21(31-24(25(32)30-14)19-6-5-18(35-2)10-20(19)28)15-7-8-36-22(9-15)16-11-29-33(12-16)17-3-4-17/h5-6,10-13,15,17,22H,3-4,7-9H2,1-2H3/t15-,22+/m1/s1. The summed E-state index contributed by atoms with van der Waals surface area (Å²) in [6.45, 7) is 2.19. The second-order valence-corrected chi connectivity index (χ2v) is 9.81. The van der Waals surface area contributed by atoms with Gasteiger partial charge in [-0.1, -0.05) is 11.6 Å². The van der Waals surface area contributed by atoms with Gasteiger partial charge in [0.25, 0.3) is 5.56 Å². The van der Waals surface area contributed by atoms with E-state index in [1.54, 1.807) is 25.3 Å². The summed E-state index contributed by atoms with van der Waals surface area (Å²) >= 11 is 6.26. The highest BCUT2D eigenvalue weighted by molar-refractivity contribution is 6.31. The molecule has 0 spiro atoms. The van der Waals surface area contributed by atoms with Gasteiger partial charge in [0.15, 0.2) is 5.65 Å². The third-order valence-electron chi connectivity index (χ3n) is 6.99. The van der Waals surface area contributed by atoms with Gasteiger partial charge in [0, 0.05) is 42.1 Å². The first-order valence-electron chi connectivity index (χ1n) is 12.0. The first-order chi connectivity index (χ1) is 17.4. The minimum atomic E-state index is -0.514. The lowest BCUT2D eigenvalue weighted by atomic mass is 9.90. The number of rotatable bonds is 5. The third kappa shape index (κ3) is 4.06. The van der Waals surface area contributed by atoms with E-state index in [9.17, 15) is 4.79 Å². The van der Waals surface area contributed by atoms with Crippen molar-refractivity contribution in [2.24, 2.45) is 0 Å². The SMILES string of the molecule is COc1ccc(-c2nc([C@@H]3CCO[C@H](c4cnn(C5CC5)c4)C3)cn3c(=O)c(Cl)c(C)nc23)c(F)c1. The van der Waals surface area contributed by atoms with Crippen molar-refractivity contribution in [1.29, 1.82) is 0 Å². The zero-order valence-electron chi connectivity index (χ0n) is 19.9. The fourth-order valence-electron chi connectivity index (χ4n) is 4.79. The molecule has 10 heteroatoms. The molecular weight excluding hydrogens is 485 g/mol. The Morgan fingerprint density at radius 3 is 2.78 bits per heavy atom. The van der Waals surface area contributed by atoms with Crippen LogP contribution in [0.15, 0.2) is 41.6 Å². The summed E-state index contributed by atoms with van der Waals surface area (Å²) in [5.74, 6) is -0.135. The minimum absolute atomic E-state index is 0.00976. The normalized spacial score (nSPS) is 20.1. The lowest BCUT2D eigenvalue weighted by molar-refractivity contribution is 0.00454. The molecule has 1 aliphatic heterocycles. The molecule has 6 rings (SSSR count). The Balaban J connectivity index is 1.45. The molecule has 1 aromatic carbocycles. The van der Waals surface area contributed by atoms with Crippen LogP contribution in [0.5, 0.6) is 5.75 Å². The van der Waals surface area contributed by atoms with Gasteiger partial charge in [0.1, 0.15) is 22.3 Å². The van der Waals surface area contributed by atoms with Crippen LogP contribution in [-0.4, -0.2) is 37.9 Å². The fraction of sp³-hybridized carbons (Fsp3) is 0.385. The number of hydrogen-bond donors (Lipinski definition) is 0. The van der Waals surface area contributed by atoms with Crippen molar-refractivity contribution < 1.29 is 13.9 Å². The van der Waals surface area contributed by atoms with Gasteiger partial charge >= 0.3 is 0 Å². The molecule has 1 aliphatic carbocycles. The van der Waals surface area contributed by atoms with Crippen LogP contribution in [0.25, 0.3) is 16.9 Å². The van der Waals surface area contributed by atoms with Gasteiger partial charge in [0.2, 0.25) is 0 Å². The first kappa shape index (κ1) is 23.1. The van der Waals surface area contributed by atoms with Crippen molar-refractivity contribution in [1.82, 2.24) is 24.1 Å². The molecule has 0 unspecified atom stereocenters. The Labute approximate surface area is 211 Å². The average Bonchev–Trinajstić information content (AvgIpc) is 3.63. The summed E-state index contributed by atoms with van der Waals surface area (Å²) in [5.41, 5.74) is 2.43. The largest absolute Gasteiger partial charge is 0.497 e. The number of fused-ring (bicyclic) bond motifs is 1. The van der Waals surface area contributed by atoms with Crippen molar-refractivity contribution >= 4 is 17.2 Å². The second-order valence-electron chi connectivity index (χ2n) is 9.44. The molecule has 2 aliphatic rings. The van der Waals surface area contributed by atoms with E-state index in [0.29, 0.717) is 36.2 Å². The predicted molar refractivity (Wildman–Crippen MR) is 132 cm³/mol. The fourth-order valence-corrected chi connectivity index (χ4v) is 4.93. The van der Waals surface area contributed by atoms with Crippen LogP contribution in [0.3, 0.4) is 0 Å². The molecular formula is C26H25ClFN5O3. The lowest BCUT2D eigenvalue weighted by Crippen LogP contribution is -2.23. The molecule has 1 saturated carbocycles. The molecule has 3 aromatic heterocycles. The van der Waals surface area contributed by atoms with E-state index in [1.807, 2.05) is 10.9 Å². The molecule has 0 bridgehead atoms. The number of ether oxygens (including phenoxy) is 2. The van der Waals surface area contributed by atoms with Crippen LogP contribution < -0.4 is 10.3 Å². The van der Waals surface area contributed by atoms with Crippen LogP contribution in [0.2, 0.25) is 5.02 Å². The summed E-state index contributed by atoms with van der Waals surface area (Å²) in [6, 6.07) is 5.04. The maximum Gasteiger partial charge on any atom is 0.277 e. The summed E-state index contributed by atoms with van der Waals surface area (Å²) in [6.07, 6.45) is 9.19. The first-order valence-corrected chi connectivity index (χ1v) is 12.4. The maximum absolute atomic E-state index is 15.2. The van der Waals surface area contributed by atoms with E-state index < -0.39 is 11.4 Å². The number of nitrogens with zero attached hydrogens (tertiary/aromatic N) is 5.